The molecule has 0 saturated heterocycles. The standard InChI is InChI=1S/C16H17F3N4O2/c1-23-16(25)21-14(22-23)15(24)20-7-9(8-2-3-8)4-11-12(18)5-10(17)6-13(11)19/h5-6,8-9H,2-4,7H2,1H3,(H,20,24)(H,21,22,25)/t9-/m0/s1. The van der Waals surface area contributed by atoms with E-state index in [0.29, 0.717) is 12.1 Å². The van der Waals surface area contributed by atoms with Crippen molar-refractivity contribution in [2.75, 3.05) is 6.54 Å². The van der Waals surface area contributed by atoms with E-state index in [1.54, 1.807) is 0 Å². The molecule has 0 bridgehead atoms. The van der Waals surface area contributed by atoms with Crippen LogP contribution in [0.4, 0.5) is 13.2 Å². The van der Waals surface area contributed by atoms with E-state index in [4.69, 9.17) is 0 Å². The monoisotopic (exact) mass is 354 g/mol. The summed E-state index contributed by atoms with van der Waals surface area (Å²) < 4.78 is 41.7. The second kappa shape index (κ2) is 6.73. The molecule has 1 aromatic heterocycles. The van der Waals surface area contributed by atoms with Gasteiger partial charge in [0.2, 0.25) is 5.82 Å². The summed E-state index contributed by atoms with van der Waals surface area (Å²) in [5.41, 5.74) is -0.696. The Morgan fingerprint density at radius 3 is 2.52 bits per heavy atom. The molecule has 0 spiro atoms. The molecule has 1 amide bonds. The molecule has 2 N–H and O–H groups in total. The molecule has 2 aromatic rings. The number of halogens is 3. The zero-order valence-corrected chi connectivity index (χ0v) is 13.5. The number of aromatic nitrogens is 3. The van der Waals surface area contributed by atoms with Crippen molar-refractivity contribution in [3.05, 3.63) is 51.5 Å². The van der Waals surface area contributed by atoms with E-state index >= 15 is 0 Å². The number of H-pyrrole nitrogens is 1. The lowest BCUT2D eigenvalue weighted by atomic mass is 9.94. The van der Waals surface area contributed by atoms with Gasteiger partial charge in [0.05, 0.1) is 0 Å². The summed E-state index contributed by atoms with van der Waals surface area (Å²) >= 11 is 0. The molecule has 3 rings (SSSR count). The Hall–Kier alpha value is -2.58. The lowest BCUT2D eigenvalue weighted by Gasteiger charge is -2.17. The van der Waals surface area contributed by atoms with Crippen LogP contribution >= 0.6 is 0 Å². The van der Waals surface area contributed by atoms with Crippen molar-refractivity contribution in [2.45, 2.75) is 19.3 Å². The minimum absolute atomic E-state index is 0.0572. The highest BCUT2D eigenvalue weighted by Crippen LogP contribution is 2.38. The lowest BCUT2D eigenvalue weighted by molar-refractivity contribution is 0.0934. The van der Waals surface area contributed by atoms with Gasteiger partial charge in [-0.15, -0.1) is 5.10 Å². The van der Waals surface area contributed by atoms with E-state index in [2.05, 4.69) is 15.4 Å². The van der Waals surface area contributed by atoms with Crippen LogP contribution in [0.3, 0.4) is 0 Å². The Morgan fingerprint density at radius 1 is 1.36 bits per heavy atom. The molecular weight excluding hydrogens is 337 g/mol. The normalized spacial score (nSPS) is 15.2. The highest BCUT2D eigenvalue weighted by atomic mass is 19.1. The molecule has 6 nitrogen and oxygen atoms in total. The van der Waals surface area contributed by atoms with Crippen molar-refractivity contribution < 1.29 is 18.0 Å². The Bertz CT molecular complexity index is 834. The summed E-state index contributed by atoms with van der Waals surface area (Å²) in [5, 5.41) is 6.37. The second-order valence-electron chi connectivity index (χ2n) is 6.26. The third-order valence-electron chi connectivity index (χ3n) is 4.37. The summed E-state index contributed by atoms with van der Waals surface area (Å²) in [5.74, 6) is -3.45. The van der Waals surface area contributed by atoms with Gasteiger partial charge in [0.15, 0.2) is 0 Å². The minimum Gasteiger partial charge on any atom is -0.349 e. The number of hydrogen-bond donors (Lipinski definition) is 2. The van der Waals surface area contributed by atoms with Gasteiger partial charge in [0.25, 0.3) is 5.91 Å². The van der Waals surface area contributed by atoms with E-state index in [-0.39, 0.29) is 36.2 Å². The van der Waals surface area contributed by atoms with Gasteiger partial charge in [0.1, 0.15) is 17.5 Å². The van der Waals surface area contributed by atoms with E-state index < -0.39 is 29.0 Å². The first-order valence-electron chi connectivity index (χ1n) is 7.90. The SMILES string of the molecule is Cn1nc(C(=O)NC[C@H](Cc2c(F)cc(F)cc2F)C2CC2)[nH]c1=O. The molecule has 1 aromatic carbocycles. The molecule has 1 aliphatic carbocycles. The first-order chi connectivity index (χ1) is 11.8. The average molecular weight is 354 g/mol. The highest BCUT2D eigenvalue weighted by molar-refractivity contribution is 5.90. The van der Waals surface area contributed by atoms with E-state index in [9.17, 15) is 22.8 Å². The molecule has 1 aliphatic rings. The summed E-state index contributed by atoms with van der Waals surface area (Å²) in [4.78, 5) is 25.6. The molecule has 1 fully saturated rings. The number of nitrogens with one attached hydrogen (secondary N) is 2. The maximum absolute atomic E-state index is 13.8. The van der Waals surface area contributed by atoms with Crippen molar-refractivity contribution >= 4 is 5.91 Å². The smallest absolute Gasteiger partial charge is 0.343 e. The highest BCUT2D eigenvalue weighted by Gasteiger charge is 2.33. The molecule has 9 heteroatoms. The van der Waals surface area contributed by atoms with Gasteiger partial charge in [-0.1, -0.05) is 0 Å². The predicted octanol–water partition coefficient (Wildman–Crippen LogP) is 1.52. The molecule has 0 unspecified atom stereocenters. The summed E-state index contributed by atoms with van der Waals surface area (Å²) in [7, 11) is 1.41. The van der Waals surface area contributed by atoms with Crippen LogP contribution in [0, 0.1) is 29.3 Å². The third kappa shape index (κ3) is 3.92. The number of nitrogens with zero attached hydrogens (tertiary/aromatic N) is 2. The molecule has 25 heavy (non-hydrogen) atoms. The van der Waals surface area contributed by atoms with Crippen LogP contribution in [0.15, 0.2) is 16.9 Å². The number of aryl methyl sites for hydroxylation is 1. The van der Waals surface area contributed by atoms with E-state index in [1.807, 2.05) is 0 Å². The van der Waals surface area contributed by atoms with Crippen molar-refractivity contribution in [3.63, 3.8) is 0 Å². The van der Waals surface area contributed by atoms with Crippen molar-refractivity contribution in [1.82, 2.24) is 20.1 Å². The van der Waals surface area contributed by atoms with Gasteiger partial charge in [-0.05, 0) is 31.1 Å². The van der Waals surface area contributed by atoms with Gasteiger partial charge < -0.3 is 5.32 Å². The van der Waals surface area contributed by atoms with Crippen molar-refractivity contribution in [3.8, 4) is 0 Å². The minimum atomic E-state index is -0.964. The zero-order valence-electron chi connectivity index (χ0n) is 13.5. The quantitative estimate of drug-likeness (QED) is 0.826. The Labute approximate surface area is 141 Å². The maximum Gasteiger partial charge on any atom is 0.343 e. The van der Waals surface area contributed by atoms with Crippen LogP contribution in [0.1, 0.15) is 29.0 Å². The lowest BCUT2D eigenvalue weighted by Crippen LogP contribution is -2.32. The topological polar surface area (TPSA) is 79.8 Å². The molecule has 134 valence electrons. The van der Waals surface area contributed by atoms with Crippen LogP contribution < -0.4 is 11.0 Å². The molecule has 0 aliphatic heterocycles. The zero-order chi connectivity index (χ0) is 18.1. The molecule has 1 atom stereocenters. The van der Waals surface area contributed by atoms with Gasteiger partial charge in [0, 0.05) is 31.3 Å². The first-order valence-corrected chi connectivity index (χ1v) is 7.90. The summed E-state index contributed by atoms with van der Waals surface area (Å²) in [6.45, 7) is 0.179. The predicted molar refractivity (Wildman–Crippen MR) is 82.4 cm³/mol. The number of rotatable bonds is 6. The number of carbonyl (C=O) groups is 1. The maximum atomic E-state index is 13.8. The van der Waals surface area contributed by atoms with Crippen LogP contribution in [0.5, 0.6) is 0 Å². The number of carbonyl (C=O) groups excluding carboxylic acids is 1. The molecule has 1 saturated carbocycles. The van der Waals surface area contributed by atoms with Crippen LogP contribution in [0.2, 0.25) is 0 Å². The van der Waals surface area contributed by atoms with Gasteiger partial charge in [-0.2, -0.15) is 0 Å². The number of hydrogen-bond acceptors (Lipinski definition) is 3. The fourth-order valence-corrected chi connectivity index (χ4v) is 2.81. The second-order valence-corrected chi connectivity index (χ2v) is 6.26. The average Bonchev–Trinajstić information content (AvgIpc) is 3.31. The number of aromatic amines is 1. The van der Waals surface area contributed by atoms with Crippen LogP contribution in [-0.4, -0.2) is 27.2 Å². The van der Waals surface area contributed by atoms with Gasteiger partial charge in [-0.3, -0.25) is 9.78 Å². The number of benzene rings is 1. The van der Waals surface area contributed by atoms with E-state index in [1.165, 1.54) is 7.05 Å². The first kappa shape index (κ1) is 17.2. The summed E-state index contributed by atoms with van der Waals surface area (Å²) in [6.07, 6.45) is 1.87. The fourth-order valence-electron chi connectivity index (χ4n) is 2.81. The third-order valence-corrected chi connectivity index (χ3v) is 4.37. The molecule has 1 heterocycles. The summed E-state index contributed by atoms with van der Waals surface area (Å²) in [6, 6.07) is 1.30. The van der Waals surface area contributed by atoms with Gasteiger partial charge >= 0.3 is 5.69 Å². The van der Waals surface area contributed by atoms with Crippen molar-refractivity contribution in [1.29, 1.82) is 0 Å². The van der Waals surface area contributed by atoms with Gasteiger partial charge in [-0.25, -0.2) is 22.6 Å². The molecular formula is C16H17F3N4O2. The Balaban J connectivity index is 1.68. The number of amides is 1. The van der Waals surface area contributed by atoms with Crippen LogP contribution in [0.25, 0.3) is 0 Å². The van der Waals surface area contributed by atoms with Crippen LogP contribution in [-0.2, 0) is 13.5 Å². The Kier molecular flexibility index (Phi) is 4.65. The Morgan fingerprint density at radius 2 is 2.00 bits per heavy atom. The largest absolute Gasteiger partial charge is 0.349 e. The van der Waals surface area contributed by atoms with Crippen molar-refractivity contribution in [2.24, 2.45) is 18.9 Å². The fraction of sp³-hybridized carbons (Fsp3) is 0.438. The van der Waals surface area contributed by atoms with E-state index in [0.717, 1.165) is 17.5 Å². The molecule has 0 radical (unpaired) electrons.